The number of anilines is 1. The van der Waals surface area contributed by atoms with E-state index in [0.717, 1.165) is 12.5 Å². The van der Waals surface area contributed by atoms with Crippen LogP contribution in [-0.4, -0.2) is 39.5 Å². The Morgan fingerprint density at radius 3 is 2.25 bits per heavy atom. The molecule has 1 aromatic carbocycles. The summed E-state index contributed by atoms with van der Waals surface area (Å²) in [6.45, 7) is 2.87. The number of carbonyl (C=O) groups is 2. The molecular weight excluding hydrogens is 338 g/mol. The fourth-order valence-corrected chi connectivity index (χ4v) is 2.61. The normalized spacial score (nSPS) is 16.9. The number of nitrogens with one attached hydrogen (secondary N) is 1. The van der Waals surface area contributed by atoms with Gasteiger partial charge >= 0.3 is 11.9 Å². The van der Waals surface area contributed by atoms with Crippen LogP contribution in [0, 0.1) is 0 Å². The van der Waals surface area contributed by atoms with Gasteiger partial charge in [0.2, 0.25) is 0 Å². The second-order valence-electron chi connectivity index (χ2n) is 5.52. The molecule has 0 radical (unpaired) electrons. The number of hydrogen-bond donors (Lipinski definition) is 1. The molecule has 1 aliphatic rings. The molecule has 0 spiro atoms. The van der Waals surface area contributed by atoms with Gasteiger partial charge in [0.1, 0.15) is 5.75 Å². The van der Waals surface area contributed by atoms with Crippen LogP contribution in [0.5, 0.6) is 5.75 Å². The van der Waals surface area contributed by atoms with Crippen molar-refractivity contribution in [1.29, 1.82) is 0 Å². The summed E-state index contributed by atoms with van der Waals surface area (Å²) in [6.07, 6.45) is 2.15. The van der Waals surface area contributed by atoms with Gasteiger partial charge in [0.05, 0.1) is 17.7 Å². The molecule has 1 N–H and O–H groups in total. The van der Waals surface area contributed by atoms with Crippen LogP contribution in [0.1, 0.15) is 13.8 Å². The summed E-state index contributed by atoms with van der Waals surface area (Å²) in [5.41, 5.74) is -0.0838. The van der Waals surface area contributed by atoms with Gasteiger partial charge < -0.3 is 19.5 Å². The third kappa shape index (κ3) is 3.85. The molecule has 2 rings (SSSR count). The van der Waals surface area contributed by atoms with Crippen molar-refractivity contribution in [2.24, 2.45) is 0 Å². The number of methoxy groups -OCH3 is 1. The molecule has 0 aromatic heterocycles. The molecule has 24 heavy (non-hydrogen) atoms. The van der Waals surface area contributed by atoms with Gasteiger partial charge in [0, 0.05) is 26.3 Å². The Labute approximate surface area is 139 Å². The van der Waals surface area contributed by atoms with Crippen molar-refractivity contribution in [3.8, 4) is 5.75 Å². The highest BCUT2D eigenvalue weighted by atomic mass is 32.2. The maximum Gasteiger partial charge on any atom is 0.350 e. The summed E-state index contributed by atoms with van der Waals surface area (Å²) in [5, 5.41) is 2.68. The van der Waals surface area contributed by atoms with Crippen LogP contribution >= 0.6 is 0 Å². The first-order chi connectivity index (χ1) is 11.0. The molecule has 0 bridgehead atoms. The molecule has 0 atom stereocenters. The standard InChI is InChI=1S/C15H17NO7S/c1-15(2)22-13(17)10(14(18)23-15)8-16-11-7-9(24(4,19)20)5-6-12(11)21-3/h5-8,16H,1-4H3. The Balaban J connectivity index is 2.34. The lowest BCUT2D eigenvalue weighted by Crippen LogP contribution is -2.42. The minimum absolute atomic E-state index is 0.0548. The molecule has 1 saturated heterocycles. The van der Waals surface area contributed by atoms with Crippen molar-refractivity contribution < 1.29 is 32.2 Å². The Hall–Kier alpha value is -2.55. The monoisotopic (exact) mass is 355 g/mol. The van der Waals surface area contributed by atoms with Crippen molar-refractivity contribution in [2.45, 2.75) is 24.5 Å². The maximum absolute atomic E-state index is 11.9. The van der Waals surface area contributed by atoms with Crippen molar-refractivity contribution >= 4 is 27.5 Å². The number of carbonyl (C=O) groups excluding carboxylic acids is 2. The first kappa shape index (κ1) is 17.8. The average molecular weight is 355 g/mol. The lowest BCUT2D eigenvalue weighted by atomic mass is 10.2. The minimum atomic E-state index is -3.43. The van der Waals surface area contributed by atoms with Crippen LogP contribution in [0.4, 0.5) is 5.69 Å². The van der Waals surface area contributed by atoms with Crippen molar-refractivity contribution in [3.05, 3.63) is 30.0 Å². The van der Waals surface area contributed by atoms with E-state index >= 15 is 0 Å². The summed E-state index contributed by atoms with van der Waals surface area (Å²) in [7, 11) is -2.03. The maximum atomic E-state index is 11.9. The predicted octanol–water partition coefficient (Wildman–Crippen LogP) is 1.23. The highest BCUT2D eigenvalue weighted by Crippen LogP contribution is 2.28. The van der Waals surface area contributed by atoms with E-state index in [1.165, 1.54) is 39.2 Å². The Morgan fingerprint density at radius 1 is 1.17 bits per heavy atom. The summed E-state index contributed by atoms with van der Waals surface area (Å²) >= 11 is 0. The van der Waals surface area contributed by atoms with Crippen LogP contribution in [0.15, 0.2) is 34.9 Å². The molecule has 1 fully saturated rings. The molecule has 9 heteroatoms. The van der Waals surface area contributed by atoms with E-state index in [0.29, 0.717) is 5.75 Å². The number of sulfone groups is 1. The first-order valence-electron chi connectivity index (χ1n) is 6.85. The number of rotatable bonds is 4. The zero-order valence-electron chi connectivity index (χ0n) is 13.6. The summed E-state index contributed by atoms with van der Waals surface area (Å²) in [5.74, 6) is -2.69. The van der Waals surface area contributed by atoms with E-state index in [4.69, 9.17) is 14.2 Å². The van der Waals surface area contributed by atoms with Gasteiger partial charge in [-0.2, -0.15) is 0 Å². The average Bonchev–Trinajstić information content (AvgIpc) is 2.43. The number of esters is 2. The third-order valence-corrected chi connectivity index (χ3v) is 4.20. The molecule has 0 aliphatic carbocycles. The van der Waals surface area contributed by atoms with Gasteiger partial charge in [-0.25, -0.2) is 18.0 Å². The predicted molar refractivity (Wildman–Crippen MR) is 84.1 cm³/mol. The van der Waals surface area contributed by atoms with Gasteiger partial charge in [-0.15, -0.1) is 0 Å². The highest BCUT2D eigenvalue weighted by molar-refractivity contribution is 7.90. The van der Waals surface area contributed by atoms with Gasteiger partial charge in [-0.05, 0) is 18.2 Å². The largest absolute Gasteiger partial charge is 0.495 e. The van der Waals surface area contributed by atoms with E-state index in [9.17, 15) is 18.0 Å². The number of ether oxygens (including phenoxy) is 3. The van der Waals surface area contributed by atoms with Crippen LogP contribution in [0.2, 0.25) is 0 Å². The molecule has 0 saturated carbocycles. The molecule has 8 nitrogen and oxygen atoms in total. The summed E-state index contributed by atoms with van der Waals surface area (Å²) in [6, 6.07) is 4.17. The van der Waals surface area contributed by atoms with Crippen LogP contribution in [0.3, 0.4) is 0 Å². The van der Waals surface area contributed by atoms with E-state index in [2.05, 4.69) is 5.32 Å². The molecule has 1 heterocycles. The van der Waals surface area contributed by atoms with Gasteiger partial charge in [0.25, 0.3) is 5.79 Å². The Bertz CT molecular complexity index is 802. The van der Waals surface area contributed by atoms with Gasteiger partial charge in [0.15, 0.2) is 15.4 Å². The van der Waals surface area contributed by atoms with Crippen molar-refractivity contribution in [2.75, 3.05) is 18.7 Å². The van der Waals surface area contributed by atoms with Crippen LogP contribution in [-0.2, 0) is 28.9 Å². The Kier molecular flexibility index (Phi) is 4.57. The lowest BCUT2D eigenvalue weighted by molar-refractivity contribution is -0.222. The highest BCUT2D eigenvalue weighted by Gasteiger charge is 2.39. The zero-order valence-corrected chi connectivity index (χ0v) is 14.4. The molecule has 1 aliphatic heterocycles. The third-order valence-electron chi connectivity index (χ3n) is 3.09. The van der Waals surface area contributed by atoms with Gasteiger partial charge in [-0.1, -0.05) is 0 Å². The van der Waals surface area contributed by atoms with E-state index in [-0.39, 0.29) is 16.2 Å². The smallest absolute Gasteiger partial charge is 0.350 e. The summed E-state index contributed by atoms with van der Waals surface area (Å²) < 4.78 is 38.3. The van der Waals surface area contributed by atoms with Gasteiger partial charge in [-0.3, -0.25) is 0 Å². The fourth-order valence-electron chi connectivity index (χ4n) is 1.96. The SMILES string of the molecule is COc1ccc(S(C)(=O)=O)cc1NC=C1C(=O)OC(C)(C)OC1=O. The Morgan fingerprint density at radius 2 is 1.75 bits per heavy atom. The minimum Gasteiger partial charge on any atom is -0.495 e. The molecule has 1 aromatic rings. The zero-order chi connectivity index (χ0) is 18.1. The van der Waals surface area contributed by atoms with Crippen molar-refractivity contribution in [3.63, 3.8) is 0 Å². The fraction of sp³-hybridized carbons (Fsp3) is 0.333. The number of benzene rings is 1. The van der Waals surface area contributed by atoms with Crippen LogP contribution in [0.25, 0.3) is 0 Å². The van der Waals surface area contributed by atoms with E-state index < -0.39 is 27.6 Å². The first-order valence-corrected chi connectivity index (χ1v) is 8.74. The second kappa shape index (κ2) is 6.16. The molecule has 0 amide bonds. The molecular formula is C15H17NO7S. The van der Waals surface area contributed by atoms with Crippen LogP contribution < -0.4 is 10.1 Å². The van der Waals surface area contributed by atoms with E-state index in [1.54, 1.807) is 0 Å². The second-order valence-corrected chi connectivity index (χ2v) is 7.53. The number of hydrogen-bond acceptors (Lipinski definition) is 8. The quantitative estimate of drug-likeness (QED) is 0.488. The van der Waals surface area contributed by atoms with E-state index in [1.807, 2.05) is 0 Å². The summed E-state index contributed by atoms with van der Waals surface area (Å²) in [4.78, 5) is 23.8. The lowest BCUT2D eigenvalue weighted by Gasteiger charge is -2.29. The molecule has 0 unspecified atom stereocenters. The topological polar surface area (TPSA) is 108 Å². The molecule has 130 valence electrons. The number of cyclic esters (lactones) is 2. The van der Waals surface area contributed by atoms with Crippen molar-refractivity contribution in [1.82, 2.24) is 0 Å².